The van der Waals surface area contributed by atoms with E-state index in [9.17, 15) is 13.2 Å². The Labute approximate surface area is 207 Å². The highest BCUT2D eigenvalue weighted by Crippen LogP contribution is 2.31. The number of hydrogen-bond acceptors (Lipinski definition) is 5. The molecule has 3 aromatic rings. The number of sulfonamides is 1. The van der Waals surface area contributed by atoms with Crippen LogP contribution in [0.1, 0.15) is 32.3 Å². The Bertz CT molecular complexity index is 1260. The van der Waals surface area contributed by atoms with Gasteiger partial charge in [0.25, 0.3) is 0 Å². The Morgan fingerprint density at radius 2 is 1.86 bits per heavy atom. The molecule has 0 radical (unpaired) electrons. The van der Waals surface area contributed by atoms with Gasteiger partial charge in [0, 0.05) is 49.7 Å². The molecule has 1 fully saturated rings. The fourth-order valence-electron chi connectivity index (χ4n) is 4.56. The molecule has 0 aliphatic carbocycles. The normalized spacial score (nSPS) is 14.5. The molecule has 1 aliphatic rings. The lowest BCUT2D eigenvalue weighted by Crippen LogP contribution is -2.37. The number of carbonyl (C=O) groups excluding carboxylic acids is 1. The monoisotopic (exact) mass is 498 g/mol. The van der Waals surface area contributed by atoms with E-state index in [1.54, 1.807) is 18.2 Å². The average Bonchev–Trinajstić information content (AvgIpc) is 3.28. The van der Waals surface area contributed by atoms with Crippen LogP contribution in [0, 0.1) is 0 Å². The average molecular weight is 499 g/mol. The van der Waals surface area contributed by atoms with Gasteiger partial charge in [0.2, 0.25) is 15.9 Å². The number of amides is 1. The van der Waals surface area contributed by atoms with Gasteiger partial charge < -0.3 is 19.9 Å². The number of nitrogens with zero attached hydrogens (tertiary/aromatic N) is 2. The van der Waals surface area contributed by atoms with Gasteiger partial charge in [-0.1, -0.05) is 32.0 Å². The maximum absolute atomic E-state index is 13.1. The molecule has 188 valence electrons. The Morgan fingerprint density at radius 3 is 2.60 bits per heavy atom. The van der Waals surface area contributed by atoms with E-state index in [4.69, 9.17) is 4.74 Å². The number of aromatic amines is 1. The smallest absolute Gasteiger partial charge is 0.243 e. The molecule has 0 spiro atoms. The molecule has 4 rings (SSSR count). The highest BCUT2D eigenvalue weighted by Gasteiger charge is 2.24. The zero-order chi connectivity index (χ0) is 24.8. The quantitative estimate of drug-likeness (QED) is 0.441. The molecule has 0 bridgehead atoms. The third kappa shape index (κ3) is 5.69. The van der Waals surface area contributed by atoms with Gasteiger partial charge in [0.15, 0.2) is 0 Å². The van der Waals surface area contributed by atoms with E-state index in [1.165, 1.54) is 15.3 Å². The summed E-state index contributed by atoms with van der Waals surface area (Å²) >= 11 is 0. The second-order valence-electron chi connectivity index (χ2n) is 8.63. The first kappa shape index (κ1) is 25.2. The minimum absolute atomic E-state index is 0.128. The highest BCUT2D eigenvalue weighted by atomic mass is 32.2. The number of ether oxygens (including phenoxy) is 1. The molecule has 1 amide bonds. The molecule has 2 aromatic carbocycles. The summed E-state index contributed by atoms with van der Waals surface area (Å²) in [7, 11) is -3.64. The van der Waals surface area contributed by atoms with Crippen molar-refractivity contribution in [3.8, 4) is 0 Å². The van der Waals surface area contributed by atoms with Crippen LogP contribution in [0.15, 0.2) is 53.6 Å². The number of aryl methyl sites for hydroxylation is 1. The van der Waals surface area contributed by atoms with Crippen molar-refractivity contribution in [1.82, 2.24) is 9.29 Å². The lowest BCUT2D eigenvalue weighted by atomic mass is 10.1. The predicted octanol–water partition coefficient (Wildman–Crippen LogP) is 4.00. The van der Waals surface area contributed by atoms with E-state index in [1.807, 2.05) is 38.2 Å². The van der Waals surface area contributed by atoms with E-state index in [2.05, 4.69) is 21.3 Å². The van der Waals surface area contributed by atoms with Crippen LogP contribution in [0.25, 0.3) is 10.9 Å². The maximum atomic E-state index is 13.1. The highest BCUT2D eigenvalue weighted by molar-refractivity contribution is 7.89. The summed E-state index contributed by atoms with van der Waals surface area (Å²) in [5, 5.41) is 4.18. The molecule has 0 unspecified atom stereocenters. The lowest BCUT2D eigenvalue weighted by molar-refractivity contribution is -0.116. The number of aromatic nitrogens is 1. The van der Waals surface area contributed by atoms with Crippen molar-refractivity contribution in [2.45, 2.75) is 38.0 Å². The summed E-state index contributed by atoms with van der Waals surface area (Å²) < 4.78 is 33.1. The number of fused-ring (bicyclic) bond motifs is 1. The number of morpholine rings is 1. The minimum Gasteiger partial charge on any atom is -0.378 e. The first-order valence-corrected chi connectivity index (χ1v) is 13.7. The van der Waals surface area contributed by atoms with E-state index >= 15 is 0 Å². The molecule has 1 aromatic heterocycles. The van der Waals surface area contributed by atoms with Crippen molar-refractivity contribution in [2.24, 2.45) is 0 Å². The van der Waals surface area contributed by atoms with Gasteiger partial charge in [0.1, 0.15) is 0 Å². The second-order valence-corrected chi connectivity index (χ2v) is 10.6. The fourth-order valence-corrected chi connectivity index (χ4v) is 6.04. The number of H-pyrrole nitrogens is 1. The molecule has 35 heavy (non-hydrogen) atoms. The van der Waals surface area contributed by atoms with E-state index in [-0.39, 0.29) is 10.8 Å². The molecular formula is C26H34N4O4S. The molecule has 2 N–H and O–H groups in total. The first-order chi connectivity index (χ1) is 16.9. The number of anilines is 2. The zero-order valence-electron chi connectivity index (χ0n) is 20.4. The third-order valence-corrected chi connectivity index (χ3v) is 8.51. The number of hydrogen-bond donors (Lipinski definition) is 2. The van der Waals surface area contributed by atoms with Crippen molar-refractivity contribution >= 4 is 38.2 Å². The molecule has 0 saturated carbocycles. The predicted molar refractivity (Wildman–Crippen MR) is 139 cm³/mol. The van der Waals surface area contributed by atoms with Crippen molar-refractivity contribution in [1.29, 1.82) is 0 Å². The topological polar surface area (TPSA) is 94.7 Å². The van der Waals surface area contributed by atoms with Crippen molar-refractivity contribution in [2.75, 3.05) is 49.6 Å². The van der Waals surface area contributed by atoms with E-state index in [0.717, 1.165) is 17.6 Å². The number of carbonyl (C=O) groups is 1. The Balaban J connectivity index is 1.50. The first-order valence-electron chi connectivity index (χ1n) is 12.3. The van der Waals surface area contributed by atoms with E-state index < -0.39 is 10.0 Å². The van der Waals surface area contributed by atoms with Gasteiger partial charge in [-0.25, -0.2) is 8.42 Å². The van der Waals surface area contributed by atoms with Crippen molar-refractivity contribution in [3.63, 3.8) is 0 Å². The van der Waals surface area contributed by atoms with Crippen LogP contribution >= 0.6 is 0 Å². The summed E-state index contributed by atoms with van der Waals surface area (Å²) in [4.78, 5) is 18.5. The van der Waals surface area contributed by atoms with Crippen molar-refractivity contribution in [3.05, 3.63) is 54.2 Å². The van der Waals surface area contributed by atoms with E-state index in [0.29, 0.717) is 57.9 Å². The maximum Gasteiger partial charge on any atom is 0.243 e. The summed E-state index contributed by atoms with van der Waals surface area (Å²) in [6.45, 7) is 6.98. The largest absolute Gasteiger partial charge is 0.378 e. The van der Waals surface area contributed by atoms with Gasteiger partial charge >= 0.3 is 0 Å². The third-order valence-electron chi connectivity index (χ3n) is 6.46. The van der Waals surface area contributed by atoms with Crippen LogP contribution in [-0.4, -0.2) is 63.0 Å². The van der Waals surface area contributed by atoms with Gasteiger partial charge in [-0.2, -0.15) is 4.31 Å². The van der Waals surface area contributed by atoms with Gasteiger partial charge in [-0.15, -0.1) is 0 Å². The number of benzene rings is 2. The second kappa shape index (κ2) is 11.2. The molecular weight excluding hydrogens is 464 g/mol. The summed E-state index contributed by atoms with van der Waals surface area (Å²) in [6.07, 6.45) is 3.82. The van der Waals surface area contributed by atoms with Crippen molar-refractivity contribution < 1.29 is 17.9 Å². The fraction of sp³-hybridized carbons (Fsp3) is 0.423. The van der Waals surface area contributed by atoms with Crippen LogP contribution < -0.4 is 10.2 Å². The number of para-hydroxylation sites is 1. The molecule has 1 saturated heterocycles. The Kier molecular flexibility index (Phi) is 8.10. The molecule has 9 heteroatoms. The SMILES string of the molecule is CCN(CC)S(=O)(=O)c1ccc(N2CCOCC2)c(NC(=O)CCCc2c[nH]c3ccccc23)c1. The summed E-state index contributed by atoms with van der Waals surface area (Å²) in [5.41, 5.74) is 3.62. The van der Waals surface area contributed by atoms with Crippen LogP contribution in [0.5, 0.6) is 0 Å². The standard InChI is InChI=1S/C26H34N4O4S/c1-3-30(4-2)35(32,33)21-12-13-25(29-14-16-34-17-15-29)24(18-21)28-26(31)11-7-8-20-19-27-23-10-6-5-9-22(20)23/h5-6,9-10,12-13,18-19,27H,3-4,7-8,11,14-17H2,1-2H3,(H,28,31). The number of rotatable bonds is 10. The van der Waals surface area contributed by atoms with Crippen LogP contribution in [0.4, 0.5) is 11.4 Å². The lowest BCUT2D eigenvalue weighted by Gasteiger charge is -2.31. The minimum atomic E-state index is -3.64. The molecule has 1 aliphatic heterocycles. The zero-order valence-corrected chi connectivity index (χ0v) is 21.2. The molecule has 2 heterocycles. The van der Waals surface area contributed by atoms with Gasteiger partial charge in [0.05, 0.1) is 29.5 Å². The number of nitrogens with one attached hydrogen (secondary N) is 2. The van der Waals surface area contributed by atoms with Gasteiger partial charge in [-0.3, -0.25) is 4.79 Å². The van der Waals surface area contributed by atoms with Crippen LogP contribution in [0.3, 0.4) is 0 Å². The molecule has 0 atom stereocenters. The van der Waals surface area contributed by atoms with Crippen LogP contribution in [-0.2, 0) is 26.0 Å². The van der Waals surface area contributed by atoms with Gasteiger partial charge in [-0.05, 0) is 42.7 Å². The summed E-state index contributed by atoms with van der Waals surface area (Å²) in [6, 6.07) is 13.1. The summed E-state index contributed by atoms with van der Waals surface area (Å²) in [5.74, 6) is -0.128. The Hall–Kier alpha value is -2.88. The molecule has 8 nitrogen and oxygen atoms in total. The van der Waals surface area contributed by atoms with Crippen LogP contribution in [0.2, 0.25) is 0 Å². The Morgan fingerprint density at radius 1 is 1.11 bits per heavy atom.